The third-order valence-corrected chi connectivity index (χ3v) is 3.88. The number of amides is 3. The lowest BCUT2D eigenvalue weighted by Gasteiger charge is -2.17. The number of hydrogen-bond donors (Lipinski definition) is 2. The van der Waals surface area contributed by atoms with Crippen molar-refractivity contribution < 1.29 is 18.8 Å². The summed E-state index contributed by atoms with van der Waals surface area (Å²) in [6.07, 6.45) is 1.37. The van der Waals surface area contributed by atoms with Crippen molar-refractivity contribution in [3.05, 3.63) is 58.5 Å². The minimum absolute atomic E-state index is 0.123. The first-order chi connectivity index (χ1) is 12.0. The zero-order valence-electron chi connectivity index (χ0n) is 13.6. The van der Waals surface area contributed by atoms with Crippen LogP contribution >= 0.6 is 15.9 Å². The number of benzene rings is 1. The van der Waals surface area contributed by atoms with Crippen molar-refractivity contribution in [2.75, 3.05) is 20.1 Å². The van der Waals surface area contributed by atoms with Gasteiger partial charge in [-0.1, -0.05) is 28.1 Å². The lowest BCUT2D eigenvalue weighted by molar-refractivity contribution is -0.132. The Morgan fingerprint density at radius 1 is 1.08 bits per heavy atom. The molecule has 132 valence electrons. The van der Waals surface area contributed by atoms with Crippen LogP contribution in [0, 0.1) is 0 Å². The van der Waals surface area contributed by atoms with E-state index in [9.17, 15) is 14.4 Å². The maximum Gasteiger partial charge on any atom is 0.287 e. The van der Waals surface area contributed by atoms with Gasteiger partial charge in [-0.3, -0.25) is 14.4 Å². The van der Waals surface area contributed by atoms with Gasteiger partial charge in [0.25, 0.3) is 5.91 Å². The van der Waals surface area contributed by atoms with Gasteiger partial charge < -0.3 is 20.0 Å². The second kappa shape index (κ2) is 9.03. The fourth-order valence-electron chi connectivity index (χ4n) is 1.98. The molecule has 0 aliphatic carbocycles. The number of hydrogen-bond acceptors (Lipinski definition) is 4. The first-order valence-electron chi connectivity index (χ1n) is 7.52. The van der Waals surface area contributed by atoms with Gasteiger partial charge in [0, 0.05) is 18.1 Å². The molecule has 7 nitrogen and oxygen atoms in total. The lowest BCUT2D eigenvalue weighted by atomic mass is 10.2. The van der Waals surface area contributed by atoms with E-state index in [4.69, 9.17) is 4.42 Å². The number of halogens is 1. The Morgan fingerprint density at radius 2 is 1.80 bits per heavy atom. The molecule has 2 N–H and O–H groups in total. The average molecular weight is 408 g/mol. The zero-order chi connectivity index (χ0) is 18.2. The Bertz CT molecular complexity index is 729. The number of likely N-dealkylation sites (N-methyl/N-ethyl adjacent to an activating group) is 1. The van der Waals surface area contributed by atoms with E-state index in [0.717, 1.165) is 10.0 Å². The molecule has 8 heteroatoms. The van der Waals surface area contributed by atoms with Crippen molar-refractivity contribution in [2.45, 2.75) is 6.54 Å². The predicted molar refractivity (Wildman–Crippen MR) is 94.7 cm³/mol. The summed E-state index contributed by atoms with van der Waals surface area (Å²) >= 11 is 3.35. The molecule has 0 saturated carbocycles. The molecule has 0 fully saturated rings. The molecule has 3 amide bonds. The van der Waals surface area contributed by atoms with Gasteiger partial charge in [0.2, 0.25) is 11.8 Å². The van der Waals surface area contributed by atoms with Crippen LogP contribution in [0.25, 0.3) is 0 Å². The summed E-state index contributed by atoms with van der Waals surface area (Å²) in [6, 6.07) is 10.7. The topological polar surface area (TPSA) is 91.7 Å². The van der Waals surface area contributed by atoms with Gasteiger partial charge in [0.1, 0.15) is 0 Å². The molecule has 1 aromatic carbocycles. The van der Waals surface area contributed by atoms with E-state index in [1.807, 2.05) is 24.3 Å². The largest absolute Gasteiger partial charge is 0.459 e. The van der Waals surface area contributed by atoms with E-state index in [1.165, 1.54) is 17.2 Å². The monoisotopic (exact) mass is 407 g/mol. The Morgan fingerprint density at radius 3 is 2.44 bits per heavy atom. The first-order valence-corrected chi connectivity index (χ1v) is 8.32. The van der Waals surface area contributed by atoms with E-state index < -0.39 is 11.8 Å². The van der Waals surface area contributed by atoms with Crippen molar-refractivity contribution in [3.63, 3.8) is 0 Å². The Hall–Kier alpha value is -2.61. The standard InChI is InChI=1S/C17H18BrN3O4/c1-21(11-12-4-6-13(18)7-5-12)16(23)10-19-15(22)9-20-17(24)14-3-2-8-25-14/h2-8H,9-11H2,1H3,(H,19,22)(H,20,24). The van der Waals surface area contributed by atoms with Crippen LogP contribution in [0.4, 0.5) is 0 Å². The molecule has 2 aromatic rings. The van der Waals surface area contributed by atoms with Crippen LogP contribution in [0.15, 0.2) is 51.6 Å². The van der Waals surface area contributed by atoms with Crippen molar-refractivity contribution in [2.24, 2.45) is 0 Å². The molecule has 1 aromatic heterocycles. The number of carbonyl (C=O) groups excluding carboxylic acids is 3. The molecule has 0 spiro atoms. The summed E-state index contributed by atoms with van der Waals surface area (Å²) in [6.45, 7) is 0.0724. The fraction of sp³-hybridized carbons (Fsp3) is 0.235. The smallest absolute Gasteiger partial charge is 0.287 e. The lowest BCUT2D eigenvalue weighted by Crippen LogP contribution is -2.42. The Labute approximate surface area is 153 Å². The van der Waals surface area contributed by atoms with Gasteiger partial charge in [-0.2, -0.15) is 0 Å². The zero-order valence-corrected chi connectivity index (χ0v) is 15.2. The highest BCUT2D eigenvalue weighted by Crippen LogP contribution is 2.11. The third kappa shape index (κ3) is 6.07. The first kappa shape index (κ1) is 18.7. The molecule has 0 atom stereocenters. The number of furan rings is 1. The third-order valence-electron chi connectivity index (χ3n) is 3.35. The molecule has 0 bridgehead atoms. The summed E-state index contributed by atoms with van der Waals surface area (Å²) < 4.78 is 5.88. The maximum atomic E-state index is 12.0. The van der Waals surface area contributed by atoms with Crippen molar-refractivity contribution in [3.8, 4) is 0 Å². The summed E-state index contributed by atoms with van der Waals surface area (Å²) in [5.74, 6) is -1.05. The summed E-state index contributed by atoms with van der Waals surface area (Å²) in [5.41, 5.74) is 0.982. The van der Waals surface area contributed by atoms with Gasteiger partial charge >= 0.3 is 0 Å². The van der Waals surface area contributed by atoms with Crippen LogP contribution in [-0.4, -0.2) is 42.8 Å². The van der Waals surface area contributed by atoms with Crippen LogP contribution in [0.5, 0.6) is 0 Å². The molecule has 0 radical (unpaired) electrons. The Kier molecular flexibility index (Phi) is 6.76. The number of rotatable bonds is 7. The molecular formula is C17H18BrN3O4. The van der Waals surface area contributed by atoms with E-state index in [1.54, 1.807) is 13.1 Å². The maximum absolute atomic E-state index is 12.0. The minimum atomic E-state index is -0.487. The molecule has 0 saturated heterocycles. The van der Waals surface area contributed by atoms with E-state index in [-0.39, 0.29) is 24.8 Å². The number of carbonyl (C=O) groups is 3. The second-order valence-electron chi connectivity index (χ2n) is 5.31. The molecule has 0 aliphatic heterocycles. The van der Waals surface area contributed by atoms with Crippen LogP contribution in [0.1, 0.15) is 16.1 Å². The minimum Gasteiger partial charge on any atom is -0.459 e. The SMILES string of the molecule is CN(Cc1ccc(Br)cc1)C(=O)CNC(=O)CNC(=O)c1ccco1. The summed E-state index contributed by atoms with van der Waals surface area (Å²) in [7, 11) is 1.66. The molecule has 1 heterocycles. The van der Waals surface area contributed by atoms with Crippen LogP contribution in [-0.2, 0) is 16.1 Å². The van der Waals surface area contributed by atoms with Crippen LogP contribution in [0.3, 0.4) is 0 Å². The highest BCUT2D eigenvalue weighted by Gasteiger charge is 2.13. The van der Waals surface area contributed by atoms with Gasteiger partial charge in [-0.25, -0.2) is 0 Å². The van der Waals surface area contributed by atoms with Gasteiger partial charge in [0.05, 0.1) is 19.4 Å². The fourth-order valence-corrected chi connectivity index (χ4v) is 2.24. The predicted octanol–water partition coefficient (Wildman–Crippen LogP) is 1.55. The highest BCUT2D eigenvalue weighted by atomic mass is 79.9. The molecule has 0 aliphatic rings. The van der Waals surface area contributed by atoms with Gasteiger partial charge in [-0.15, -0.1) is 0 Å². The Balaban J connectivity index is 1.70. The van der Waals surface area contributed by atoms with Crippen LogP contribution < -0.4 is 10.6 Å². The quantitative estimate of drug-likeness (QED) is 0.727. The normalized spacial score (nSPS) is 10.2. The van der Waals surface area contributed by atoms with Crippen molar-refractivity contribution in [1.82, 2.24) is 15.5 Å². The van der Waals surface area contributed by atoms with E-state index >= 15 is 0 Å². The number of nitrogens with zero attached hydrogens (tertiary/aromatic N) is 1. The van der Waals surface area contributed by atoms with Crippen LogP contribution in [0.2, 0.25) is 0 Å². The van der Waals surface area contributed by atoms with E-state index in [2.05, 4.69) is 26.6 Å². The summed E-state index contributed by atoms with van der Waals surface area (Å²) in [5, 5.41) is 4.88. The molecule has 2 rings (SSSR count). The molecular weight excluding hydrogens is 390 g/mol. The van der Waals surface area contributed by atoms with Crippen molar-refractivity contribution in [1.29, 1.82) is 0 Å². The molecule has 25 heavy (non-hydrogen) atoms. The van der Waals surface area contributed by atoms with Gasteiger partial charge in [-0.05, 0) is 29.8 Å². The summed E-state index contributed by atoms with van der Waals surface area (Å²) in [4.78, 5) is 36.9. The van der Waals surface area contributed by atoms with E-state index in [0.29, 0.717) is 6.54 Å². The van der Waals surface area contributed by atoms with Gasteiger partial charge in [0.15, 0.2) is 5.76 Å². The second-order valence-corrected chi connectivity index (χ2v) is 6.23. The average Bonchev–Trinajstić information content (AvgIpc) is 3.14. The molecule has 0 unspecified atom stereocenters. The number of nitrogens with one attached hydrogen (secondary N) is 2. The van der Waals surface area contributed by atoms with Crippen molar-refractivity contribution >= 4 is 33.7 Å². The highest BCUT2D eigenvalue weighted by molar-refractivity contribution is 9.10.